The molecule has 1 saturated heterocycles. The summed E-state index contributed by atoms with van der Waals surface area (Å²) in [5.41, 5.74) is 7.65. The Bertz CT molecular complexity index is 532. The predicted molar refractivity (Wildman–Crippen MR) is 95.3 cm³/mol. The highest BCUT2D eigenvalue weighted by Gasteiger charge is 2.34. The third kappa shape index (κ3) is 4.72. The standard InChI is InChI=1S/C18H27N3OS/c1-12(2)23-16-7-3-13(4-8-16)9-18(22)20-15-6-5-14-11-19-21-17(14)10-15/h3-4,7-8,12,14-15,17,19,21H,5-6,9-11H2,1-2H3,(H,20,22). The van der Waals surface area contributed by atoms with E-state index in [0.717, 1.165) is 30.9 Å². The van der Waals surface area contributed by atoms with Gasteiger partial charge in [0.05, 0.1) is 6.42 Å². The van der Waals surface area contributed by atoms with Gasteiger partial charge in [0, 0.05) is 28.8 Å². The van der Waals surface area contributed by atoms with Gasteiger partial charge < -0.3 is 5.32 Å². The smallest absolute Gasteiger partial charge is 0.224 e. The zero-order chi connectivity index (χ0) is 16.2. The van der Waals surface area contributed by atoms with Crippen molar-refractivity contribution in [1.82, 2.24) is 16.2 Å². The van der Waals surface area contributed by atoms with Gasteiger partial charge in [-0.15, -0.1) is 11.8 Å². The first-order chi connectivity index (χ1) is 11.1. The number of rotatable bonds is 5. The van der Waals surface area contributed by atoms with Crippen LogP contribution in [0.4, 0.5) is 0 Å². The maximum atomic E-state index is 12.3. The number of amides is 1. The third-order valence-corrected chi connectivity index (χ3v) is 5.69. The van der Waals surface area contributed by atoms with Crippen molar-refractivity contribution >= 4 is 17.7 Å². The van der Waals surface area contributed by atoms with E-state index >= 15 is 0 Å². The van der Waals surface area contributed by atoms with Gasteiger partial charge in [-0.2, -0.15) is 0 Å². The second-order valence-electron chi connectivity index (χ2n) is 6.96. The Morgan fingerprint density at radius 2 is 2.09 bits per heavy atom. The molecule has 1 aliphatic carbocycles. The van der Waals surface area contributed by atoms with Gasteiger partial charge in [0.1, 0.15) is 0 Å². The van der Waals surface area contributed by atoms with Crippen LogP contribution in [0, 0.1) is 5.92 Å². The molecule has 1 amide bonds. The molecule has 1 saturated carbocycles. The molecule has 3 N–H and O–H groups in total. The topological polar surface area (TPSA) is 53.2 Å². The van der Waals surface area contributed by atoms with E-state index in [4.69, 9.17) is 0 Å². The summed E-state index contributed by atoms with van der Waals surface area (Å²) < 4.78 is 0. The summed E-state index contributed by atoms with van der Waals surface area (Å²) in [6, 6.07) is 9.21. The van der Waals surface area contributed by atoms with Gasteiger partial charge in [0.15, 0.2) is 0 Å². The summed E-state index contributed by atoms with van der Waals surface area (Å²) in [6.07, 6.45) is 3.80. The molecule has 5 heteroatoms. The average molecular weight is 334 g/mol. The lowest BCUT2D eigenvalue weighted by Gasteiger charge is -2.31. The zero-order valence-corrected chi connectivity index (χ0v) is 14.8. The highest BCUT2D eigenvalue weighted by Crippen LogP contribution is 2.27. The average Bonchev–Trinajstić information content (AvgIpc) is 2.96. The van der Waals surface area contributed by atoms with E-state index in [1.165, 1.54) is 11.3 Å². The zero-order valence-electron chi connectivity index (χ0n) is 14.0. The second kappa shape index (κ2) is 7.69. The molecule has 0 aromatic heterocycles. The molecule has 1 aliphatic heterocycles. The van der Waals surface area contributed by atoms with Crippen LogP contribution in [-0.2, 0) is 11.2 Å². The molecular formula is C18H27N3OS. The molecule has 1 aromatic rings. The number of hydrogen-bond acceptors (Lipinski definition) is 4. The van der Waals surface area contributed by atoms with Gasteiger partial charge in [-0.05, 0) is 42.9 Å². The van der Waals surface area contributed by atoms with Crippen molar-refractivity contribution in [3.8, 4) is 0 Å². The minimum Gasteiger partial charge on any atom is -0.353 e. The fraction of sp³-hybridized carbons (Fsp3) is 0.611. The Balaban J connectivity index is 1.47. The highest BCUT2D eigenvalue weighted by atomic mass is 32.2. The number of hydrazine groups is 1. The molecule has 1 aromatic carbocycles. The molecule has 3 atom stereocenters. The van der Waals surface area contributed by atoms with Gasteiger partial charge in [0.25, 0.3) is 0 Å². The Hall–Kier alpha value is -1.04. The molecule has 126 valence electrons. The van der Waals surface area contributed by atoms with Gasteiger partial charge >= 0.3 is 0 Å². The number of fused-ring (bicyclic) bond motifs is 1. The lowest BCUT2D eigenvalue weighted by atomic mass is 9.83. The third-order valence-electron chi connectivity index (χ3n) is 4.67. The van der Waals surface area contributed by atoms with E-state index in [1.54, 1.807) is 0 Å². The number of carbonyl (C=O) groups is 1. The summed E-state index contributed by atoms with van der Waals surface area (Å²) in [5.74, 6) is 0.873. The number of benzene rings is 1. The largest absolute Gasteiger partial charge is 0.353 e. The second-order valence-corrected chi connectivity index (χ2v) is 8.61. The number of carbonyl (C=O) groups excluding carboxylic acids is 1. The molecule has 3 unspecified atom stereocenters. The summed E-state index contributed by atoms with van der Waals surface area (Å²) in [4.78, 5) is 13.5. The van der Waals surface area contributed by atoms with Crippen LogP contribution in [0.2, 0.25) is 0 Å². The van der Waals surface area contributed by atoms with Crippen LogP contribution >= 0.6 is 11.8 Å². The van der Waals surface area contributed by atoms with Gasteiger partial charge in [-0.25, -0.2) is 0 Å². The Labute approximate surface area is 143 Å². The van der Waals surface area contributed by atoms with E-state index < -0.39 is 0 Å². The molecule has 2 fully saturated rings. The first-order valence-corrected chi connectivity index (χ1v) is 9.51. The number of nitrogens with one attached hydrogen (secondary N) is 3. The molecular weight excluding hydrogens is 306 g/mol. The summed E-state index contributed by atoms with van der Waals surface area (Å²) in [5, 5.41) is 3.80. The minimum atomic E-state index is 0.142. The molecule has 0 spiro atoms. The molecule has 0 bridgehead atoms. The number of thioether (sulfide) groups is 1. The van der Waals surface area contributed by atoms with Crippen molar-refractivity contribution in [2.24, 2.45) is 5.92 Å². The maximum Gasteiger partial charge on any atom is 0.224 e. The van der Waals surface area contributed by atoms with Gasteiger partial charge in [-0.1, -0.05) is 26.0 Å². The Kier molecular flexibility index (Phi) is 5.62. The normalized spacial score (nSPS) is 27.0. The summed E-state index contributed by atoms with van der Waals surface area (Å²) in [7, 11) is 0. The van der Waals surface area contributed by atoms with E-state index in [-0.39, 0.29) is 5.91 Å². The van der Waals surface area contributed by atoms with Crippen LogP contribution in [0.1, 0.15) is 38.7 Å². The van der Waals surface area contributed by atoms with Crippen molar-refractivity contribution < 1.29 is 4.79 Å². The van der Waals surface area contributed by atoms with Crippen molar-refractivity contribution in [3.05, 3.63) is 29.8 Å². The number of hydrogen-bond donors (Lipinski definition) is 3. The Morgan fingerprint density at radius 1 is 1.30 bits per heavy atom. The molecule has 0 radical (unpaired) electrons. The van der Waals surface area contributed by atoms with Crippen LogP contribution in [0.5, 0.6) is 0 Å². The predicted octanol–water partition coefficient (Wildman–Crippen LogP) is 2.49. The van der Waals surface area contributed by atoms with E-state index in [0.29, 0.717) is 23.8 Å². The first kappa shape index (κ1) is 16.8. The Morgan fingerprint density at radius 3 is 2.83 bits per heavy atom. The van der Waals surface area contributed by atoms with Crippen molar-refractivity contribution in [1.29, 1.82) is 0 Å². The van der Waals surface area contributed by atoms with E-state index in [1.807, 2.05) is 11.8 Å². The van der Waals surface area contributed by atoms with Gasteiger partial charge in [-0.3, -0.25) is 15.6 Å². The lowest BCUT2D eigenvalue weighted by molar-refractivity contribution is -0.121. The van der Waals surface area contributed by atoms with E-state index in [2.05, 4.69) is 54.3 Å². The van der Waals surface area contributed by atoms with Crippen LogP contribution < -0.4 is 16.2 Å². The summed E-state index contributed by atoms with van der Waals surface area (Å²) >= 11 is 1.85. The highest BCUT2D eigenvalue weighted by molar-refractivity contribution is 7.99. The molecule has 3 rings (SSSR count). The van der Waals surface area contributed by atoms with Crippen molar-refractivity contribution in [2.75, 3.05) is 6.54 Å². The van der Waals surface area contributed by atoms with Gasteiger partial charge in [0.2, 0.25) is 5.91 Å². The van der Waals surface area contributed by atoms with Crippen molar-refractivity contribution in [3.63, 3.8) is 0 Å². The maximum absolute atomic E-state index is 12.3. The summed E-state index contributed by atoms with van der Waals surface area (Å²) in [6.45, 7) is 5.44. The quantitative estimate of drug-likeness (QED) is 0.725. The fourth-order valence-corrected chi connectivity index (χ4v) is 4.37. The van der Waals surface area contributed by atoms with Crippen LogP contribution in [-0.4, -0.2) is 29.8 Å². The van der Waals surface area contributed by atoms with Crippen LogP contribution in [0.25, 0.3) is 0 Å². The first-order valence-electron chi connectivity index (χ1n) is 8.63. The van der Waals surface area contributed by atoms with Crippen LogP contribution in [0.15, 0.2) is 29.2 Å². The fourth-order valence-electron chi connectivity index (χ4n) is 3.53. The molecule has 4 nitrogen and oxygen atoms in total. The monoisotopic (exact) mass is 333 g/mol. The molecule has 23 heavy (non-hydrogen) atoms. The van der Waals surface area contributed by atoms with Crippen LogP contribution in [0.3, 0.4) is 0 Å². The minimum absolute atomic E-state index is 0.142. The molecule has 1 heterocycles. The molecule has 2 aliphatic rings. The SMILES string of the molecule is CC(C)Sc1ccc(CC(=O)NC2CCC3CNNC3C2)cc1. The lowest BCUT2D eigenvalue weighted by Crippen LogP contribution is -2.45. The van der Waals surface area contributed by atoms with Crippen molar-refractivity contribution in [2.45, 2.75) is 61.8 Å². The van der Waals surface area contributed by atoms with E-state index in [9.17, 15) is 4.79 Å².